The molecule has 1 atom stereocenters. The van der Waals surface area contributed by atoms with Gasteiger partial charge in [0.25, 0.3) is 0 Å². The zero-order chi connectivity index (χ0) is 23.9. The molecule has 4 heteroatoms. The van der Waals surface area contributed by atoms with E-state index in [1.807, 2.05) is 12.1 Å². The van der Waals surface area contributed by atoms with E-state index in [1.54, 1.807) is 0 Å². The molecule has 0 unspecified atom stereocenters. The average Bonchev–Trinajstić information content (AvgIpc) is 3.40. The molecule has 0 radical (unpaired) electrons. The Morgan fingerprint density at radius 3 is 2.00 bits per heavy atom. The molecule has 1 heterocycles. The van der Waals surface area contributed by atoms with Gasteiger partial charge in [-0.3, -0.25) is 0 Å². The average molecular weight is 543 g/mol. The Morgan fingerprint density at radius 2 is 1.34 bits per heavy atom. The van der Waals surface area contributed by atoms with Crippen molar-refractivity contribution in [2.75, 3.05) is 12.7 Å². The van der Waals surface area contributed by atoms with Crippen LogP contribution in [0, 0.1) is 0 Å². The summed E-state index contributed by atoms with van der Waals surface area (Å²) >= 11 is 0.226. The second kappa shape index (κ2) is 11.8. The fourth-order valence-electron chi connectivity index (χ4n) is 4.74. The fraction of sp³-hybridized carbons (Fsp3) is 0.194. The molecule has 5 rings (SSSR count). The molecule has 35 heavy (non-hydrogen) atoms. The molecule has 1 saturated heterocycles. The zero-order valence-corrected chi connectivity index (χ0v) is 22.4. The SMILES string of the molecule is O=C(c1ccccc1[Se]Cc1ccccc1)N1CCC[C@H]1CP(c1ccccc1)c1ccccc1. The Hall–Kier alpha value is -2.70. The molecule has 1 aliphatic heterocycles. The molecule has 1 amide bonds. The summed E-state index contributed by atoms with van der Waals surface area (Å²) in [6.07, 6.45) is 3.19. The molecule has 0 spiro atoms. The van der Waals surface area contributed by atoms with E-state index in [0.29, 0.717) is 0 Å². The van der Waals surface area contributed by atoms with Crippen molar-refractivity contribution < 1.29 is 4.79 Å². The third kappa shape index (κ3) is 5.93. The number of hydrogen-bond acceptors (Lipinski definition) is 1. The summed E-state index contributed by atoms with van der Waals surface area (Å²) < 4.78 is 1.22. The normalized spacial score (nSPS) is 15.5. The van der Waals surface area contributed by atoms with Crippen LogP contribution in [0.1, 0.15) is 28.8 Å². The standard InChI is InChI=1S/C31H30NOPSe/c33-31(29-20-10-11-21-30(29)35-24-25-13-4-1-5-14-25)32-22-12-15-26(32)23-34(27-16-6-2-7-17-27)28-18-8-3-9-19-28/h1-11,13-14,16-21,26H,12,15,22-24H2/t26-/m0/s1. The van der Waals surface area contributed by atoms with Gasteiger partial charge in [-0.15, -0.1) is 0 Å². The van der Waals surface area contributed by atoms with Gasteiger partial charge in [0.15, 0.2) is 0 Å². The van der Waals surface area contributed by atoms with Crippen LogP contribution < -0.4 is 15.1 Å². The maximum atomic E-state index is 13.9. The number of amides is 1. The van der Waals surface area contributed by atoms with Crippen LogP contribution in [0.3, 0.4) is 0 Å². The summed E-state index contributed by atoms with van der Waals surface area (Å²) in [5.74, 6) is 0.217. The summed E-state index contributed by atoms with van der Waals surface area (Å²) in [5, 5.41) is 3.79. The van der Waals surface area contributed by atoms with Crippen molar-refractivity contribution in [1.82, 2.24) is 4.90 Å². The Bertz CT molecular complexity index is 1190. The molecule has 0 aliphatic carbocycles. The second-order valence-electron chi connectivity index (χ2n) is 8.85. The Morgan fingerprint density at radius 1 is 0.771 bits per heavy atom. The van der Waals surface area contributed by atoms with Crippen molar-refractivity contribution in [2.45, 2.75) is 24.2 Å². The summed E-state index contributed by atoms with van der Waals surface area (Å²) in [7, 11) is -0.517. The summed E-state index contributed by atoms with van der Waals surface area (Å²) in [5.41, 5.74) is 2.24. The van der Waals surface area contributed by atoms with Gasteiger partial charge in [-0.2, -0.15) is 0 Å². The van der Waals surface area contributed by atoms with Crippen LogP contribution in [-0.2, 0) is 5.32 Å². The third-order valence-electron chi connectivity index (χ3n) is 6.52. The number of rotatable bonds is 8. The fourth-order valence-corrected chi connectivity index (χ4v) is 9.42. The summed E-state index contributed by atoms with van der Waals surface area (Å²) in [6, 6.07) is 40.9. The molecule has 4 aromatic carbocycles. The molecular formula is C31H30NOPSe. The zero-order valence-electron chi connectivity index (χ0n) is 19.8. The van der Waals surface area contributed by atoms with Crippen LogP contribution in [0.4, 0.5) is 0 Å². The Balaban J connectivity index is 1.36. The monoisotopic (exact) mass is 543 g/mol. The van der Waals surface area contributed by atoms with Gasteiger partial charge < -0.3 is 0 Å². The van der Waals surface area contributed by atoms with Crippen LogP contribution in [0.2, 0.25) is 0 Å². The first-order valence-electron chi connectivity index (χ1n) is 12.2. The van der Waals surface area contributed by atoms with E-state index in [1.165, 1.54) is 20.6 Å². The van der Waals surface area contributed by atoms with Crippen LogP contribution in [0.5, 0.6) is 0 Å². The van der Waals surface area contributed by atoms with Gasteiger partial charge in [0.2, 0.25) is 0 Å². The van der Waals surface area contributed by atoms with E-state index < -0.39 is 7.92 Å². The number of benzene rings is 4. The molecule has 0 aromatic heterocycles. The van der Waals surface area contributed by atoms with Gasteiger partial charge >= 0.3 is 217 Å². The van der Waals surface area contributed by atoms with E-state index in [0.717, 1.165) is 36.4 Å². The van der Waals surface area contributed by atoms with Gasteiger partial charge in [0, 0.05) is 0 Å². The van der Waals surface area contributed by atoms with Crippen LogP contribution in [0.25, 0.3) is 0 Å². The van der Waals surface area contributed by atoms with Crippen molar-refractivity contribution in [3.8, 4) is 0 Å². The van der Waals surface area contributed by atoms with Gasteiger partial charge in [-0.1, -0.05) is 0 Å². The van der Waals surface area contributed by atoms with E-state index in [9.17, 15) is 4.79 Å². The number of hydrogen-bond donors (Lipinski definition) is 0. The first-order valence-corrected chi connectivity index (χ1v) is 15.8. The maximum absolute atomic E-state index is 13.9. The quantitative estimate of drug-likeness (QED) is 0.228. The third-order valence-corrected chi connectivity index (χ3v) is 11.6. The Kier molecular flexibility index (Phi) is 8.11. The summed E-state index contributed by atoms with van der Waals surface area (Å²) in [6.45, 7) is 0.857. The molecule has 0 bridgehead atoms. The first-order chi connectivity index (χ1) is 17.3. The molecular weight excluding hydrogens is 512 g/mol. The van der Waals surface area contributed by atoms with Gasteiger partial charge in [-0.05, 0) is 0 Å². The number of nitrogens with zero attached hydrogens (tertiary/aromatic N) is 1. The predicted molar refractivity (Wildman–Crippen MR) is 150 cm³/mol. The molecule has 2 nitrogen and oxygen atoms in total. The Labute approximate surface area is 216 Å². The van der Waals surface area contributed by atoms with Gasteiger partial charge in [0.1, 0.15) is 0 Å². The minimum absolute atomic E-state index is 0.217. The van der Waals surface area contributed by atoms with E-state index >= 15 is 0 Å². The van der Waals surface area contributed by atoms with Crippen molar-refractivity contribution in [3.63, 3.8) is 0 Å². The molecule has 0 N–H and O–H groups in total. The van der Waals surface area contributed by atoms with Crippen LogP contribution in [-0.4, -0.2) is 44.5 Å². The molecule has 176 valence electrons. The topological polar surface area (TPSA) is 20.3 Å². The first kappa shape index (κ1) is 24.0. The molecule has 1 fully saturated rings. The minimum atomic E-state index is -0.517. The molecule has 0 saturated carbocycles. The van der Waals surface area contributed by atoms with Gasteiger partial charge in [0.05, 0.1) is 0 Å². The van der Waals surface area contributed by atoms with Crippen molar-refractivity contribution in [1.29, 1.82) is 0 Å². The van der Waals surface area contributed by atoms with E-state index in [2.05, 4.69) is 108 Å². The molecule has 4 aromatic rings. The van der Waals surface area contributed by atoms with Gasteiger partial charge in [-0.25, -0.2) is 0 Å². The van der Waals surface area contributed by atoms with Crippen molar-refractivity contribution in [2.24, 2.45) is 0 Å². The number of carbonyl (C=O) groups excluding carboxylic acids is 1. The van der Waals surface area contributed by atoms with Crippen LogP contribution >= 0.6 is 7.92 Å². The number of likely N-dealkylation sites (tertiary alicyclic amines) is 1. The van der Waals surface area contributed by atoms with E-state index in [4.69, 9.17) is 0 Å². The predicted octanol–water partition coefficient (Wildman–Crippen LogP) is 4.95. The van der Waals surface area contributed by atoms with Crippen molar-refractivity contribution in [3.05, 3.63) is 126 Å². The van der Waals surface area contributed by atoms with Crippen molar-refractivity contribution >= 4 is 43.9 Å². The van der Waals surface area contributed by atoms with E-state index in [-0.39, 0.29) is 26.9 Å². The molecule has 1 aliphatic rings. The second-order valence-corrected chi connectivity index (χ2v) is 13.2. The summed E-state index contributed by atoms with van der Waals surface area (Å²) in [4.78, 5) is 16.1. The van der Waals surface area contributed by atoms with Crippen LogP contribution in [0.15, 0.2) is 115 Å². The number of carbonyl (C=O) groups is 1.